The quantitative estimate of drug-likeness (QED) is 0.152. The number of fused-ring (bicyclic) bond motifs is 1. The first-order valence-corrected chi connectivity index (χ1v) is 19.7. The molecule has 6 aliphatic rings. The highest BCUT2D eigenvalue weighted by Gasteiger charge is 2.74. The number of benzene rings is 3. The van der Waals surface area contributed by atoms with E-state index in [4.69, 9.17) is 4.74 Å². The lowest BCUT2D eigenvalue weighted by atomic mass is 9.32. The zero-order chi connectivity index (χ0) is 37.2. The predicted octanol–water partition coefficient (Wildman–Crippen LogP) is 9.08. The minimum Gasteiger partial charge on any atom is -0.497 e. The molecule has 2 spiro atoms. The molecule has 0 saturated heterocycles. The van der Waals surface area contributed by atoms with Gasteiger partial charge in [0.15, 0.2) is 5.78 Å². The summed E-state index contributed by atoms with van der Waals surface area (Å²) in [6.45, 7) is 7.44. The van der Waals surface area contributed by atoms with Crippen LogP contribution in [0.3, 0.4) is 0 Å². The molecular formula is C46H54N2O5. The normalized spacial score (nSPS) is 35.1. The number of Topliss-reactive ketones (excluding diaryl/α,β-unsaturated/α-hetero) is 1. The Morgan fingerprint density at radius 1 is 0.849 bits per heavy atom. The minimum atomic E-state index is -1.14. The van der Waals surface area contributed by atoms with Gasteiger partial charge in [0.2, 0.25) is 0 Å². The number of urea groups is 1. The Balaban J connectivity index is 1.15. The third-order valence-corrected chi connectivity index (χ3v) is 14.8. The molecule has 2 amide bonds. The molecule has 0 aliphatic heterocycles. The molecule has 278 valence electrons. The highest BCUT2D eigenvalue weighted by molar-refractivity contribution is 6.10. The third-order valence-electron chi connectivity index (χ3n) is 14.8. The molecular weight excluding hydrogens is 661 g/mol. The number of ether oxygens (including phenoxy) is 1. The van der Waals surface area contributed by atoms with Crippen LogP contribution in [0.5, 0.6) is 5.75 Å². The van der Waals surface area contributed by atoms with Crippen LogP contribution in [-0.4, -0.2) is 58.8 Å². The number of nitrogens with zero attached hydrogens (tertiary/aromatic N) is 1. The van der Waals surface area contributed by atoms with Crippen molar-refractivity contribution in [1.29, 1.82) is 0 Å². The molecule has 3 fully saturated rings. The summed E-state index contributed by atoms with van der Waals surface area (Å²) in [5.41, 5.74) is 1.60. The van der Waals surface area contributed by atoms with Gasteiger partial charge >= 0.3 is 6.03 Å². The molecule has 3 aromatic carbocycles. The van der Waals surface area contributed by atoms with E-state index in [2.05, 4.69) is 56.4 Å². The van der Waals surface area contributed by atoms with Crippen LogP contribution in [0.2, 0.25) is 0 Å². The maximum Gasteiger partial charge on any atom is 0.321 e. The highest BCUT2D eigenvalue weighted by atomic mass is 16.5. The zero-order valence-electron chi connectivity index (χ0n) is 31.6. The van der Waals surface area contributed by atoms with Crippen LogP contribution >= 0.6 is 0 Å². The standard InChI is InChI=1S/C46H54N2O5/c1-5-27-48(41(51)47-34-15-17-36(53-4)18-16-34)30-45(52)24-21-39-43(45,3)23-20-38-42(2)22-19-35(49)28-44(42)25-26-46(38,39)37(29-44)40(50)33-13-11-32(12-14-33)31-9-7-6-8-10-31/h6-18,25-26,29,35,38-39,49,52H,5,19-24,27-28,30H2,1-4H3,(H,47,51)/t35?,38-,39-,42-,43+,44+,45-,46-/m1/s1. The highest BCUT2D eigenvalue weighted by Crippen LogP contribution is 2.78. The van der Waals surface area contributed by atoms with E-state index < -0.39 is 27.9 Å². The van der Waals surface area contributed by atoms with Gasteiger partial charge in [-0.1, -0.05) is 93.6 Å². The topological polar surface area (TPSA) is 99.1 Å². The molecule has 53 heavy (non-hydrogen) atoms. The van der Waals surface area contributed by atoms with E-state index in [9.17, 15) is 15.0 Å². The number of amides is 2. The van der Waals surface area contributed by atoms with Crippen LogP contribution in [0, 0.1) is 33.5 Å². The molecule has 9 rings (SSSR count). The first kappa shape index (κ1) is 35.8. The van der Waals surface area contributed by atoms with Crippen molar-refractivity contribution < 1.29 is 24.5 Å². The van der Waals surface area contributed by atoms with Gasteiger partial charge in [0.05, 0.1) is 25.4 Å². The molecule has 7 nitrogen and oxygen atoms in total. The van der Waals surface area contributed by atoms with Crippen molar-refractivity contribution in [1.82, 2.24) is 4.90 Å². The lowest BCUT2D eigenvalue weighted by Gasteiger charge is -2.71. The Kier molecular flexibility index (Phi) is 8.77. The SMILES string of the molecule is CCCN(C[C@]1(O)CC[C@H]2[C@]34C=C[C@@]5(C=C3C(=O)c3ccc(-c6ccccc6)cc3)CC(O)CC[C@]5(C)[C@H]4CC[C@@]21C)C(=O)Nc1ccc(OC)cc1. The fraction of sp³-hybridized carbons (Fsp3) is 0.478. The number of methoxy groups -OCH3 is 1. The maximum absolute atomic E-state index is 15.1. The fourth-order valence-corrected chi connectivity index (χ4v) is 11.9. The van der Waals surface area contributed by atoms with Crippen LogP contribution in [0.25, 0.3) is 11.1 Å². The summed E-state index contributed by atoms with van der Waals surface area (Å²) in [4.78, 5) is 30.7. The maximum atomic E-state index is 15.1. The van der Waals surface area contributed by atoms with Crippen LogP contribution in [-0.2, 0) is 0 Å². The summed E-state index contributed by atoms with van der Waals surface area (Å²) in [7, 11) is 1.62. The summed E-state index contributed by atoms with van der Waals surface area (Å²) in [6.07, 6.45) is 12.6. The smallest absolute Gasteiger partial charge is 0.321 e. The zero-order valence-corrected chi connectivity index (χ0v) is 31.6. The van der Waals surface area contributed by atoms with E-state index in [0.717, 1.165) is 55.2 Å². The van der Waals surface area contributed by atoms with Gasteiger partial charge in [-0.25, -0.2) is 4.79 Å². The van der Waals surface area contributed by atoms with Gasteiger partial charge in [-0.3, -0.25) is 4.79 Å². The van der Waals surface area contributed by atoms with Crippen molar-refractivity contribution in [2.24, 2.45) is 33.5 Å². The monoisotopic (exact) mass is 714 g/mol. The number of aliphatic hydroxyl groups excluding tert-OH is 1. The van der Waals surface area contributed by atoms with Crippen molar-refractivity contribution in [3.8, 4) is 16.9 Å². The number of carbonyl (C=O) groups excluding carboxylic acids is 2. The molecule has 3 aromatic rings. The van der Waals surface area contributed by atoms with Crippen molar-refractivity contribution in [2.45, 2.75) is 83.8 Å². The van der Waals surface area contributed by atoms with Gasteiger partial charge in [-0.2, -0.15) is 0 Å². The van der Waals surface area contributed by atoms with Gasteiger partial charge < -0.3 is 25.2 Å². The molecule has 0 heterocycles. The molecule has 1 unspecified atom stereocenters. The van der Waals surface area contributed by atoms with Crippen LogP contribution in [0.1, 0.15) is 82.5 Å². The summed E-state index contributed by atoms with van der Waals surface area (Å²) in [6, 6.07) is 25.3. The van der Waals surface area contributed by atoms with E-state index in [-0.39, 0.29) is 35.6 Å². The summed E-state index contributed by atoms with van der Waals surface area (Å²) < 4.78 is 5.29. The number of ketones is 1. The summed E-state index contributed by atoms with van der Waals surface area (Å²) in [5.74, 6) is 0.967. The average Bonchev–Trinajstić information content (AvgIpc) is 3.44. The van der Waals surface area contributed by atoms with Gasteiger partial charge in [-0.15, -0.1) is 0 Å². The summed E-state index contributed by atoms with van der Waals surface area (Å²) in [5, 5.41) is 27.1. The van der Waals surface area contributed by atoms with Gasteiger partial charge in [-0.05, 0) is 104 Å². The molecule has 0 aromatic heterocycles. The van der Waals surface area contributed by atoms with E-state index >= 15 is 4.79 Å². The van der Waals surface area contributed by atoms with Crippen molar-refractivity contribution in [3.05, 3.63) is 108 Å². The Labute approximate surface area is 314 Å². The van der Waals surface area contributed by atoms with Gasteiger partial charge in [0, 0.05) is 39.6 Å². The van der Waals surface area contributed by atoms with Crippen LogP contribution in [0.15, 0.2) is 103 Å². The number of rotatable bonds is 9. The first-order valence-electron chi connectivity index (χ1n) is 19.7. The number of anilines is 1. The van der Waals surface area contributed by atoms with E-state index in [1.807, 2.05) is 66.7 Å². The Morgan fingerprint density at radius 3 is 2.21 bits per heavy atom. The number of carbonyl (C=O) groups is 2. The van der Waals surface area contributed by atoms with Gasteiger partial charge in [0.25, 0.3) is 0 Å². The second kappa shape index (κ2) is 13.0. The lowest BCUT2D eigenvalue weighted by molar-refractivity contribution is -0.174. The molecule has 2 bridgehead atoms. The van der Waals surface area contributed by atoms with Crippen LogP contribution in [0.4, 0.5) is 10.5 Å². The number of hydrogen-bond donors (Lipinski definition) is 3. The molecule has 3 saturated carbocycles. The number of hydrogen-bond acceptors (Lipinski definition) is 5. The van der Waals surface area contributed by atoms with Crippen molar-refractivity contribution >= 4 is 17.5 Å². The molecule has 7 heteroatoms. The second-order valence-corrected chi connectivity index (χ2v) is 17.2. The summed E-state index contributed by atoms with van der Waals surface area (Å²) >= 11 is 0. The minimum absolute atomic E-state index is 0.00360. The molecule has 0 radical (unpaired) electrons. The Hall–Kier alpha value is -4.20. The molecule has 8 atom stereocenters. The predicted molar refractivity (Wildman–Crippen MR) is 209 cm³/mol. The van der Waals surface area contributed by atoms with E-state index in [1.165, 1.54) is 0 Å². The number of nitrogens with one attached hydrogen (secondary N) is 1. The molecule has 6 aliphatic carbocycles. The van der Waals surface area contributed by atoms with Gasteiger partial charge in [0.1, 0.15) is 5.75 Å². The van der Waals surface area contributed by atoms with Crippen molar-refractivity contribution in [2.75, 3.05) is 25.5 Å². The number of aliphatic hydroxyl groups is 2. The lowest BCUT2D eigenvalue weighted by Crippen LogP contribution is -2.67. The average molecular weight is 715 g/mol. The Bertz CT molecular complexity index is 1940. The first-order chi connectivity index (χ1) is 25.4. The van der Waals surface area contributed by atoms with Crippen molar-refractivity contribution in [3.63, 3.8) is 0 Å². The largest absolute Gasteiger partial charge is 0.497 e. The van der Waals surface area contributed by atoms with E-state index in [0.29, 0.717) is 36.4 Å². The van der Waals surface area contributed by atoms with E-state index in [1.54, 1.807) is 12.0 Å². The third kappa shape index (κ3) is 5.36. The molecule has 3 N–H and O–H groups in total. The Morgan fingerprint density at radius 2 is 1.51 bits per heavy atom. The number of allylic oxidation sites excluding steroid dienone is 4. The second-order valence-electron chi connectivity index (χ2n) is 17.2. The van der Waals surface area contributed by atoms with Crippen LogP contribution < -0.4 is 10.1 Å². The fourth-order valence-electron chi connectivity index (χ4n) is 11.9.